The van der Waals surface area contributed by atoms with E-state index in [1.807, 2.05) is 0 Å². The van der Waals surface area contributed by atoms with Crippen molar-refractivity contribution in [3.8, 4) is 0 Å². The monoisotopic (exact) mass is 195 g/mol. The van der Waals surface area contributed by atoms with Gasteiger partial charge in [0.15, 0.2) is 0 Å². The molecule has 13 heavy (non-hydrogen) atoms. The molecule has 5 heteroatoms. The Morgan fingerprint density at radius 1 is 1.46 bits per heavy atom. The number of alkyl halides is 3. The summed E-state index contributed by atoms with van der Waals surface area (Å²) in [5.74, 6) is -1.60. The first-order chi connectivity index (χ1) is 5.99. The molecule has 2 fully saturated rings. The van der Waals surface area contributed by atoms with Crippen molar-refractivity contribution in [3.63, 3.8) is 0 Å². The first kappa shape index (κ1) is 9.27. The summed E-state index contributed by atoms with van der Waals surface area (Å²) in [7, 11) is 0. The molecule has 1 saturated heterocycles. The molecule has 2 N–H and O–H groups in total. The fourth-order valence-corrected chi connectivity index (χ4v) is 2.62. The maximum atomic E-state index is 12.3. The lowest BCUT2D eigenvalue weighted by Gasteiger charge is -2.50. The van der Waals surface area contributed by atoms with Crippen LogP contribution in [0.5, 0.6) is 0 Å². The molecule has 2 aliphatic rings. The summed E-state index contributed by atoms with van der Waals surface area (Å²) in [5, 5.41) is 11.9. The minimum Gasteiger partial charge on any atom is -0.396 e. The van der Waals surface area contributed by atoms with Crippen molar-refractivity contribution in [3.05, 3.63) is 0 Å². The van der Waals surface area contributed by atoms with E-state index in [9.17, 15) is 13.2 Å². The fourth-order valence-electron chi connectivity index (χ4n) is 2.62. The van der Waals surface area contributed by atoms with Gasteiger partial charge in [0.2, 0.25) is 0 Å². The Hall–Kier alpha value is -0.290. The van der Waals surface area contributed by atoms with Gasteiger partial charge in [-0.05, 0) is 18.9 Å². The number of hydrogen-bond acceptors (Lipinski definition) is 2. The minimum atomic E-state index is -4.09. The first-order valence-corrected chi connectivity index (χ1v) is 4.38. The van der Waals surface area contributed by atoms with Gasteiger partial charge in [-0.3, -0.25) is 0 Å². The Morgan fingerprint density at radius 2 is 2.15 bits per heavy atom. The van der Waals surface area contributed by atoms with Crippen LogP contribution in [0, 0.1) is 17.3 Å². The summed E-state index contributed by atoms with van der Waals surface area (Å²) in [6.07, 6.45) is -4.00. The van der Waals surface area contributed by atoms with E-state index in [1.165, 1.54) is 0 Å². The van der Waals surface area contributed by atoms with Gasteiger partial charge in [-0.25, -0.2) is 0 Å². The second-order valence-corrected chi connectivity index (χ2v) is 4.11. The van der Waals surface area contributed by atoms with Crippen LogP contribution >= 0.6 is 0 Å². The van der Waals surface area contributed by atoms with Crippen LogP contribution in [0.25, 0.3) is 0 Å². The van der Waals surface area contributed by atoms with Crippen LogP contribution in [0.4, 0.5) is 13.2 Å². The normalized spacial score (nSPS) is 44.3. The predicted octanol–water partition coefficient (Wildman–Crippen LogP) is 0.767. The fraction of sp³-hybridized carbons (Fsp3) is 1.00. The maximum Gasteiger partial charge on any atom is 0.392 e. The van der Waals surface area contributed by atoms with Crippen molar-refractivity contribution in [1.82, 2.24) is 5.32 Å². The van der Waals surface area contributed by atoms with Gasteiger partial charge in [-0.2, -0.15) is 13.2 Å². The average Bonchev–Trinajstić information content (AvgIpc) is 2.27. The maximum absolute atomic E-state index is 12.3. The lowest BCUT2D eigenvalue weighted by Crippen LogP contribution is -2.55. The Balaban J connectivity index is 2.09. The molecule has 3 atom stereocenters. The average molecular weight is 195 g/mol. The Kier molecular flexibility index (Phi) is 1.86. The molecule has 1 saturated carbocycles. The third-order valence-electron chi connectivity index (χ3n) is 3.48. The topological polar surface area (TPSA) is 32.3 Å². The van der Waals surface area contributed by atoms with Crippen LogP contribution in [0.3, 0.4) is 0 Å². The van der Waals surface area contributed by atoms with Gasteiger partial charge in [0, 0.05) is 12.0 Å². The van der Waals surface area contributed by atoms with Gasteiger partial charge in [-0.15, -0.1) is 0 Å². The Morgan fingerprint density at radius 3 is 2.69 bits per heavy atom. The van der Waals surface area contributed by atoms with Crippen LogP contribution in [0.2, 0.25) is 0 Å². The van der Waals surface area contributed by atoms with E-state index in [4.69, 9.17) is 5.11 Å². The van der Waals surface area contributed by atoms with Crippen LogP contribution in [-0.4, -0.2) is 31.0 Å². The summed E-state index contributed by atoms with van der Waals surface area (Å²) in [6.45, 7) is 0.794. The van der Waals surface area contributed by atoms with E-state index in [0.717, 1.165) is 0 Å². The molecule has 1 heterocycles. The van der Waals surface area contributed by atoms with Gasteiger partial charge < -0.3 is 10.4 Å². The van der Waals surface area contributed by atoms with Crippen molar-refractivity contribution < 1.29 is 18.3 Å². The number of nitrogens with one attached hydrogen (secondary N) is 1. The smallest absolute Gasteiger partial charge is 0.392 e. The van der Waals surface area contributed by atoms with Crippen molar-refractivity contribution in [2.24, 2.45) is 17.3 Å². The molecule has 2 rings (SSSR count). The summed E-state index contributed by atoms with van der Waals surface area (Å²) in [4.78, 5) is 0. The highest BCUT2D eigenvalue weighted by Crippen LogP contribution is 2.58. The summed E-state index contributed by atoms with van der Waals surface area (Å²) in [6, 6.07) is 0. The van der Waals surface area contributed by atoms with Crippen LogP contribution in [-0.2, 0) is 0 Å². The molecule has 0 aromatic carbocycles. The van der Waals surface area contributed by atoms with E-state index in [0.29, 0.717) is 13.1 Å². The van der Waals surface area contributed by atoms with Crippen molar-refractivity contribution >= 4 is 0 Å². The molecule has 1 aliphatic heterocycles. The molecular weight excluding hydrogens is 183 g/mol. The molecule has 76 valence electrons. The minimum absolute atomic E-state index is 0.0880. The van der Waals surface area contributed by atoms with E-state index < -0.39 is 23.4 Å². The highest BCUT2D eigenvalue weighted by atomic mass is 19.4. The lowest BCUT2D eigenvalue weighted by atomic mass is 9.55. The molecular formula is C8H12F3NO. The summed E-state index contributed by atoms with van der Waals surface area (Å²) < 4.78 is 37.0. The van der Waals surface area contributed by atoms with Gasteiger partial charge in [0.25, 0.3) is 0 Å². The number of fused-ring (bicyclic) bond motifs is 1. The van der Waals surface area contributed by atoms with Crippen LogP contribution < -0.4 is 5.32 Å². The number of aliphatic hydroxyl groups excluding tert-OH is 1. The third kappa shape index (κ3) is 1.17. The molecule has 0 bridgehead atoms. The molecule has 0 amide bonds. The van der Waals surface area contributed by atoms with Crippen LogP contribution in [0.15, 0.2) is 0 Å². The van der Waals surface area contributed by atoms with Gasteiger partial charge in [-0.1, -0.05) is 0 Å². The Bertz CT molecular complexity index is 218. The van der Waals surface area contributed by atoms with Gasteiger partial charge in [0.1, 0.15) is 0 Å². The van der Waals surface area contributed by atoms with E-state index in [2.05, 4.69) is 5.32 Å². The van der Waals surface area contributed by atoms with Gasteiger partial charge >= 0.3 is 6.18 Å². The molecule has 2 nitrogen and oxygen atoms in total. The second-order valence-electron chi connectivity index (χ2n) is 4.11. The SMILES string of the molecule is OC[C@]12CNC[C@H]1[C@H](C(F)(F)F)C2. The summed E-state index contributed by atoms with van der Waals surface area (Å²) in [5.41, 5.74) is -0.472. The number of halogens is 3. The summed E-state index contributed by atoms with van der Waals surface area (Å²) >= 11 is 0. The standard InChI is InChI=1S/C8H12F3NO/c9-8(10,11)5-1-7(4-13)3-12-2-6(5)7/h5-6,12-13H,1-4H2/t5-,6+,7+/m1/s1. The zero-order valence-corrected chi connectivity index (χ0v) is 7.06. The van der Waals surface area contributed by atoms with Crippen molar-refractivity contribution in [2.75, 3.05) is 19.7 Å². The molecule has 0 radical (unpaired) electrons. The number of aliphatic hydroxyl groups is 1. The third-order valence-corrected chi connectivity index (χ3v) is 3.48. The van der Waals surface area contributed by atoms with Crippen LogP contribution in [0.1, 0.15) is 6.42 Å². The van der Waals surface area contributed by atoms with Gasteiger partial charge in [0.05, 0.1) is 12.5 Å². The largest absolute Gasteiger partial charge is 0.396 e. The molecule has 0 aromatic rings. The zero-order valence-electron chi connectivity index (χ0n) is 7.06. The molecule has 1 aliphatic carbocycles. The van der Waals surface area contributed by atoms with E-state index in [1.54, 1.807) is 0 Å². The molecule has 0 aromatic heterocycles. The van der Waals surface area contributed by atoms with E-state index >= 15 is 0 Å². The first-order valence-electron chi connectivity index (χ1n) is 4.38. The zero-order chi connectivity index (χ0) is 9.69. The van der Waals surface area contributed by atoms with Crippen molar-refractivity contribution in [2.45, 2.75) is 12.6 Å². The molecule has 0 spiro atoms. The second kappa shape index (κ2) is 2.60. The number of hydrogen-bond donors (Lipinski definition) is 2. The lowest BCUT2D eigenvalue weighted by molar-refractivity contribution is -0.245. The Labute approximate surface area is 74.1 Å². The highest BCUT2D eigenvalue weighted by molar-refractivity contribution is 5.09. The predicted molar refractivity (Wildman–Crippen MR) is 40.0 cm³/mol. The van der Waals surface area contributed by atoms with E-state index in [-0.39, 0.29) is 13.0 Å². The molecule has 0 unspecified atom stereocenters. The quantitative estimate of drug-likeness (QED) is 0.647. The van der Waals surface area contributed by atoms with Crippen molar-refractivity contribution in [1.29, 1.82) is 0 Å². The number of rotatable bonds is 1. The highest BCUT2D eigenvalue weighted by Gasteiger charge is 2.64.